The van der Waals surface area contributed by atoms with Crippen molar-refractivity contribution < 1.29 is 0 Å². The van der Waals surface area contributed by atoms with Crippen LogP contribution in [-0.4, -0.2) is 15.0 Å². The van der Waals surface area contributed by atoms with E-state index in [0.717, 1.165) is 21.8 Å². The first-order chi connectivity index (χ1) is 12.6. The second-order valence-corrected chi connectivity index (χ2v) is 6.90. The molecule has 0 saturated heterocycles. The molecule has 2 aromatic carbocycles. The zero-order valence-corrected chi connectivity index (χ0v) is 16.1. The second kappa shape index (κ2) is 8.79. The quantitative estimate of drug-likeness (QED) is 0.595. The topological polar surface area (TPSA) is 28.2 Å². The van der Waals surface area contributed by atoms with Crippen molar-refractivity contribution in [3.63, 3.8) is 0 Å². The Morgan fingerprint density at radius 2 is 1.81 bits per heavy atom. The van der Waals surface area contributed by atoms with Gasteiger partial charge < -0.3 is 10.2 Å². The van der Waals surface area contributed by atoms with Gasteiger partial charge >= 0.3 is 0 Å². The summed E-state index contributed by atoms with van der Waals surface area (Å²) in [4.78, 5) is 6.29. The fourth-order valence-electron chi connectivity index (χ4n) is 2.58. The van der Waals surface area contributed by atoms with Gasteiger partial charge in [-0.1, -0.05) is 53.6 Å². The summed E-state index contributed by atoms with van der Waals surface area (Å²) in [6, 6.07) is 20.0. The number of pyridine rings is 1. The molecule has 26 heavy (non-hydrogen) atoms. The zero-order chi connectivity index (χ0) is 18.4. The Balaban J connectivity index is 1.80. The molecule has 0 spiro atoms. The molecule has 132 valence electrons. The van der Waals surface area contributed by atoms with Gasteiger partial charge in [0.25, 0.3) is 0 Å². The fraction of sp³-hybridized carbons (Fsp3) is 0.143. The largest absolute Gasteiger partial charge is 0.340 e. The molecule has 0 aliphatic heterocycles. The number of hydrogen-bond acceptors (Lipinski definition) is 2. The first-order valence-corrected chi connectivity index (χ1v) is 9.15. The van der Waals surface area contributed by atoms with Crippen molar-refractivity contribution in [1.29, 1.82) is 0 Å². The standard InChI is InChI=1S/C21H20ClN3S/c1-16-8-10-19(11-9-16)24-21(26)25(14-17-5-4-12-23-13-17)15-18-6-2-3-7-20(18)22/h2-13H,14-15H2,1H3,(H,24,26). The minimum Gasteiger partial charge on any atom is -0.340 e. The maximum Gasteiger partial charge on any atom is 0.174 e. The summed E-state index contributed by atoms with van der Waals surface area (Å²) < 4.78 is 0. The van der Waals surface area contributed by atoms with Crippen LogP contribution in [0.3, 0.4) is 0 Å². The van der Waals surface area contributed by atoms with Gasteiger partial charge in [-0.2, -0.15) is 0 Å². The summed E-state index contributed by atoms with van der Waals surface area (Å²) in [6.07, 6.45) is 3.62. The van der Waals surface area contributed by atoms with Crippen LogP contribution in [-0.2, 0) is 13.1 Å². The number of aromatic nitrogens is 1. The van der Waals surface area contributed by atoms with Crippen LogP contribution in [0.4, 0.5) is 5.69 Å². The maximum atomic E-state index is 6.35. The number of aryl methyl sites for hydroxylation is 1. The molecule has 0 saturated carbocycles. The molecule has 3 nitrogen and oxygen atoms in total. The molecular weight excluding hydrogens is 362 g/mol. The molecule has 1 heterocycles. The molecule has 3 rings (SSSR count). The van der Waals surface area contributed by atoms with E-state index in [2.05, 4.69) is 34.3 Å². The lowest BCUT2D eigenvalue weighted by molar-refractivity contribution is 0.412. The van der Waals surface area contributed by atoms with E-state index in [1.807, 2.05) is 54.7 Å². The van der Waals surface area contributed by atoms with E-state index >= 15 is 0 Å². The highest BCUT2D eigenvalue weighted by molar-refractivity contribution is 7.80. The molecule has 5 heteroatoms. The van der Waals surface area contributed by atoms with Crippen LogP contribution in [0.15, 0.2) is 73.1 Å². The predicted octanol–water partition coefficient (Wildman–Crippen LogP) is 5.44. The lowest BCUT2D eigenvalue weighted by Gasteiger charge is -2.26. The minimum atomic E-state index is 0.617. The van der Waals surface area contributed by atoms with Crippen LogP contribution in [0, 0.1) is 6.92 Å². The summed E-state index contributed by atoms with van der Waals surface area (Å²) in [5.41, 5.74) is 4.31. The lowest BCUT2D eigenvalue weighted by Crippen LogP contribution is -2.34. The Kier molecular flexibility index (Phi) is 6.21. The summed E-state index contributed by atoms with van der Waals surface area (Å²) in [5.74, 6) is 0. The van der Waals surface area contributed by atoms with Crippen LogP contribution >= 0.6 is 23.8 Å². The zero-order valence-electron chi connectivity index (χ0n) is 14.5. The minimum absolute atomic E-state index is 0.617. The molecule has 1 N–H and O–H groups in total. The van der Waals surface area contributed by atoms with Gasteiger partial charge in [0.1, 0.15) is 0 Å². The van der Waals surface area contributed by atoms with Crippen LogP contribution in [0.2, 0.25) is 5.02 Å². The number of thiocarbonyl (C=S) groups is 1. The monoisotopic (exact) mass is 381 g/mol. The fourth-order valence-corrected chi connectivity index (χ4v) is 3.03. The number of halogens is 1. The van der Waals surface area contributed by atoms with E-state index in [0.29, 0.717) is 18.2 Å². The van der Waals surface area contributed by atoms with Crippen molar-refractivity contribution in [2.45, 2.75) is 20.0 Å². The molecule has 0 aliphatic rings. The molecule has 0 fully saturated rings. The smallest absolute Gasteiger partial charge is 0.174 e. The van der Waals surface area contributed by atoms with Crippen molar-refractivity contribution in [2.75, 3.05) is 5.32 Å². The molecule has 0 amide bonds. The first kappa shape index (κ1) is 18.4. The van der Waals surface area contributed by atoms with Crippen LogP contribution in [0.1, 0.15) is 16.7 Å². The number of nitrogens with zero attached hydrogens (tertiary/aromatic N) is 2. The molecule has 1 aromatic heterocycles. The summed E-state index contributed by atoms with van der Waals surface area (Å²) in [7, 11) is 0. The third-order valence-corrected chi connectivity index (χ3v) is 4.73. The maximum absolute atomic E-state index is 6.35. The lowest BCUT2D eigenvalue weighted by atomic mass is 10.2. The van der Waals surface area contributed by atoms with E-state index in [1.165, 1.54) is 5.56 Å². The Hall–Kier alpha value is -2.43. The van der Waals surface area contributed by atoms with Crippen LogP contribution in [0.5, 0.6) is 0 Å². The van der Waals surface area contributed by atoms with Crippen molar-refractivity contribution in [3.05, 3.63) is 94.8 Å². The van der Waals surface area contributed by atoms with E-state index in [1.54, 1.807) is 6.20 Å². The SMILES string of the molecule is Cc1ccc(NC(=S)N(Cc2cccnc2)Cc2ccccc2Cl)cc1. The Bertz CT molecular complexity index is 866. The highest BCUT2D eigenvalue weighted by Crippen LogP contribution is 2.19. The molecule has 0 atom stereocenters. The highest BCUT2D eigenvalue weighted by Gasteiger charge is 2.13. The van der Waals surface area contributed by atoms with Crippen molar-refractivity contribution in [2.24, 2.45) is 0 Å². The number of hydrogen-bond donors (Lipinski definition) is 1. The van der Waals surface area contributed by atoms with Gasteiger partial charge in [0.15, 0.2) is 5.11 Å². The first-order valence-electron chi connectivity index (χ1n) is 8.37. The summed E-state index contributed by atoms with van der Waals surface area (Å²) in [5, 5.41) is 4.71. The van der Waals surface area contributed by atoms with E-state index in [9.17, 15) is 0 Å². The van der Waals surface area contributed by atoms with E-state index in [-0.39, 0.29) is 0 Å². The third kappa shape index (κ3) is 5.04. The predicted molar refractivity (Wildman–Crippen MR) is 112 cm³/mol. The number of rotatable bonds is 5. The molecule has 0 aliphatic carbocycles. The average Bonchev–Trinajstić information content (AvgIpc) is 2.65. The normalized spacial score (nSPS) is 10.4. The molecule has 3 aromatic rings. The summed E-state index contributed by atoms with van der Waals surface area (Å²) in [6.45, 7) is 3.33. The number of anilines is 1. The number of benzene rings is 2. The van der Waals surface area contributed by atoms with E-state index < -0.39 is 0 Å². The van der Waals surface area contributed by atoms with Gasteiger partial charge in [0.2, 0.25) is 0 Å². The van der Waals surface area contributed by atoms with Gasteiger partial charge in [0.05, 0.1) is 0 Å². The second-order valence-electron chi connectivity index (χ2n) is 6.10. The third-order valence-electron chi connectivity index (χ3n) is 4.01. The van der Waals surface area contributed by atoms with Crippen LogP contribution < -0.4 is 5.32 Å². The Morgan fingerprint density at radius 1 is 1.04 bits per heavy atom. The highest BCUT2D eigenvalue weighted by atomic mass is 35.5. The van der Waals surface area contributed by atoms with Crippen molar-refractivity contribution in [3.8, 4) is 0 Å². The molecule has 0 unspecified atom stereocenters. The Labute approximate surface area is 164 Å². The number of nitrogens with one attached hydrogen (secondary N) is 1. The van der Waals surface area contributed by atoms with Crippen molar-refractivity contribution >= 4 is 34.6 Å². The van der Waals surface area contributed by atoms with Gasteiger partial charge in [-0.05, 0) is 54.5 Å². The van der Waals surface area contributed by atoms with Gasteiger partial charge in [0, 0.05) is 36.2 Å². The molecular formula is C21H20ClN3S. The van der Waals surface area contributed by atoms with Gasteiger partial charge in [-0.15, -0.1) is 0 Å². The Morgan fingerprint density at radius 3 is 2.50 bits per heavy atom. The van der Waals surface area contributed by atoms with Gasteiger partial charge in [-0.3, -0.25) is 4.98 Å². The van der Waals surface area contributed by atoms with Crippen molar-refractivity contribution in [1.82, 2.24) is 9.88 Å². The van der Waals surface area contributed by atoms with Gasteiger partial charge in [-0.25, -0.2) is 0 Å². The molecule has 0 bridgehead atoms. The molecule has 0 radical (unpaired) electrons. The average molecular weight is 382 g/mol. The van der Waals surface area contributed by atoms with Crippen LogP contribution in [0.25, 0.3) is 0 Å². The summed E-state index contributed by atoms with van der Waals surface area (Å²) >= 11 is 12.0. The van der Waals surface area contributed by atoms with E-state index in [4.69, 9.17) is 23.8 Å².